The molecule has 6 atom stereocenters. The van der Waals surface area contributed by atoms with Crippen LogP contribution in [0.15, 0.2) is 6.07 Å². The average Bonchev–Trinajstić information content (AvgIpc) is 3.27. The van der Waals surface area contributed by atoms with E-state index in [9.17, 15) is 19.8 Å². The molecule has 0 aromatic heterocycles. The second-order valence-corrected chi connectivity index (χ2v) is 11.2. The van der Waals surface area contributed by atoms with E-state index in [2.05, 4.69) is 33.0 Å². The highest BCUT2D eigenvalue weighted by Crippen LogP contribution is 2.67. The lowest BCUT2D eigenvalue weighted by molar-refractivity contribution is -0.246. The lowest BCUT2D eigenvalue weighted by atomic mass is 9.43. The van der Waals surface area contributed by atoms with E-state index in [4.69, 9.17) is 9.47 Å². The standard InChI is InChI=1S/C25H33NO6/c1-12-6-7-19-23(3,4)21(31-13(2)27)18(29)10-24(19,5)25(12)9-15-17(28)8-14-16(20(15)32-25)11-26-22(14)30/h8,12,18-19,21,28-29H,6-7,9-11H2,1-5H3,(H,26,30)/t12-,18-,19?,21?,24+,25?/m1/s1. The molecule has 1 aromatic rings. The topological polar surface area (TPSA) is 105 Å². The number of carbonyl (C=O) groups is 2. The summed E-state index contributed by atoms with van der Waals surface area (Å²) in [5.41, 5.74) is 0.538. The average molecular weight is 444 g/mol. The zero-order valence-corrected chi connectivity index (χ0v) is 19.4. The van der Waals surface area contributed by atoms with E-state index in [1.165, 1.54) is 6.92 Å². The number of fused-ring (bicyclic) bond motifs is 5. The molecule has 2 fully saturated rings. The first kappa shape index (κ1) is 21.6. The van der Waals surface area contributed by atoms with Gasteiger partial charge >= 0.3 is 5.97 Å². The third kappa shape index (κ3) is 2.57. The summed E-state index contributed by atoms with van der Waals surface area (Å²) in [7, 11) is 0. The lowest BCUT2D eigenvalue weighted by Gasteiger charge is -2.65. The summed E-state index contributed by atoms with van der Waals surface area (Å²) >= 11 is 0. The highest BCUT2D eigenvalue weighted by molar-refractivity contribution is 6.00. The first-order valence-corrected chi connectivity index (χ1v) is 11.6. The van der Waals surface area contributed by atoms with Crippen LogP contribution in [-0.2, 0) is 22.5 Å². The summed E-state index contributed by atoms with van der Waals surface area (Å²) in [6.45, 7) is 10.3. The number of phenolic OH excluding ortho intramolecular Hbond substituents is 1. The molecule has 3 unspecified atom stereocenters. The van der Waals surface area contributed by atoms with Gasteiger partial charge in [0.2, 0.25) is 0 Å². The Morgan fingerprint density at radius 1 is 1.25 bits per heavy atom. The summed E-state index contributed by atoms with van der Waals surface area (Å²) in [4.78, 5) is 24.0. The fraction of sp³-hybridized carbons (Fsp3) is 0.680. The van der Waals surface area contributed by atoms with Crippen molar-refractivity contribution in [1.82, 2.24) is 5.32 Å². The highest BCUT2D eigenvalue weighted by atomic mass is 16.6. The lowest BCUT2D eigenvalue weighted by Crippen LogP contribution is -2.69. The second-order valence-electron chi connectivity index (χ2n) is 11.2. The molecule has 7 nitrogen and oxygen atoms in total. The van der Waals surface area contributed by atoms with Gasteiger partial charge in [-0.1, -0.05) is 27.7 Å². The normalized spacial score (nSPS) is 39.0. The Morgan fingerprint density at radius 2 is 1.97 bits per heavy atom. The molecule has 2 heterocycles. The Balaban J connectivity index is 1.62. The number of aromatic hydroxyl groups is 1. The monoisotopic (exact) mass is 443 g/mol. The third-order valence-electron chi connectivity index (χ3n) is 9.18. The van der Waals surface area contributed by atoms with Crippen molar-refractivity contribution in [2.24, 2.45) is 22.7 Å². The van der Waals surface area contributed by atoms with Gasteiger partial charge in [0.05, 0.1) is 11.7 Å². The molecule has 0 saturated heterocycles. The molecule has 2 saturated carbocycles. The minimum atomic E-state index is -0.813. The first-order chi connectivity index (χ1) is 14.9. The van der Waals surface area contributed by atoms with Gasteiger partial charge < -0.3 is 25.0 Å². The molecule has 5 rings (SSSR count). The van der Waals surface area contributed by atoms with Crippen LogP contribution in [0.5, 0.6) is 11.5 Å². The van der Waals surface area contributed by atoms with Gasteiger partial charge in [0.15, 0.2) is 0 Å². The van der Waals surface area contributed by atoms with E-state index in [1.54, 1.807) is 6.07 Å². The van der Waals surface area contributed by atoms with Crippen molar-refractivity contribution in [3.63, 3.8) is 0 Å². The van der Waals surface area contributed by atoms with Gasteiger partial charge in [-0.05, 0) is 37.2 Å². The summed E-state index contributed by atoms with van der Waals surface area (Å²) in [6.07, 6.45) is 1.46. The molecule has 174 valence electrons. The van der Waals surface area contributed by atoms with Gasteiger partial charge in [0.1, 0.15) is 23.2 Å². The number of amides is 1. The van der Waals surface area contributed by atoms with Crippen molar-refractivity contribution in [1.29, 1.82) is 0 Å². The van der Waals surface area contributed by atoms with Crippen molar-refractivity contribution in [3.8, 4) is 11.5 Å². The number of esters is 1. The van der Waals surface area contributed by atoms with Crippen LogP contribution in [0.3, 0.4) is 0 Å². The van der Waals surface area contributed by atoms with Crippen LogP contribution in [0.4, 0.5) is 0 Å². The maximum absolute atomic E-state index is 12.2. The molecule has 0 bridgehead atoms. The van der Waals surface area contributed by atoms with Crippen molar-refractivity contribution in [3.05, 3.63) is 22.8 Å². The molecule has 1 amide bonds. The van der Waals surface area contributed by atoms with Crippen LogP contribution < -0.4 is 10.1 Å². The zero-order chi connectivity index (χ0) is 23.2. The Morgan fingerprint density at radius 3 is 2.66 bits per heavy atom. The number of aliphatic hydroxyl groups is 1. The minimum absolute atomic E-state index is 0.0963. The smallest absolute Gasteiger partial charge is 0.303 e. The van der Waals surface area contributed by atoms with Crippen LogP contribution in [-0.4, -0.2) is 39.9 Å². The summed E-state index contributed by atoms with van der Waals surface area (Å²) in [5.74, 6) is 0.474. The van der Waals surface area contributed by atoms with E-state index in [-0.39, 0.29) is 29.5 Å². The zero-order valence-electron chi connectivity index (χ0n) is 19.4. The number of phenols is 1. The molecule has 1 aromatic carbocycles. The Bertz CT molecular complexity index is 1020. The molecule has 1 spiro atoms. The molecular weight excluding hydrogens is 410 g/mol. The molecule has 7 heteroatoms. The molecule has 0 radical (unpaired) electrons. The number of carbonyl (C=O) groups excluding carboxylic acids is 2. The number of rotatable bonds is 1. The summed E-state index contributed by atoms with van der Waals surface area (Å²) in [5, 5.41) is 24.9. The molecule has 3 N–H and O–H groups in total. The maximum Gasteiger partial charge on any atom is 0.303 e. The van der Waals surface area contributed by atoms with Gasteiger partial charge in [-0.2, -0.15) is 0 Å². The SMILES string of the molecule is CC(=O)OC1[C@H](O)C[C@@]2(C)C(CC[C@@H](C)C23Cc2c(O)cc4c(c2O3)CNC4=O)C1(C)C. The number of hydrogen-bond donors (Lipinski definition) is 3. The third-order valence-corrected chi connectivity index (χ3v) is 9.18. The Labute approximate surface area is 188 Å². The molecule has 2 aliphatic carbocycles. The largest absolute Gasteiger partial charge is 0.508 e. The van der Waals surface area contributed by atoms with Gasteiger partial charge in [-0.3, -0.25) is 9.59 Å². The fourth-order valence-electron chi connectivity index (χ4n) is 7.72. The van der Waals surface area contributed by atoms with Crippen LogP contribution in [0.25, 0.3) is 0 Å². The fourth-order valence-corrected chi connectivity index (χ4v) is 7.72. The van der Waals surface area contributed by atoms with E-state index in [0.717, 1.165) is 24.0 Å². The molecule has 4 aliphatic rings. The number of hydrogen-bond acceptors (Lipinski definition) is 6. The van der Waals surface area contributed by atoms with Crippen LogP contribution in [0.1, 0.15) is 75.4 Å². The van der Waals surface area contributed by atoms with Crippen LogP contribution in [0.2, 0.25) is 0 Å². The van der Waals surface area contributed by atoms with E-state index >= 15 is 0 Å². The van der Waals surface area contributed by atoms with Gasteiger partial charge in [0, 0.05) is 41.8 Å². The summed E-state index contributed by atoms with van der Waals surface area (Å²) < 4.78 is 12.5. The van der Waals surface area contributed by atoms with E-state index < -0.39 is 28.6 Å². The number of aliphatic hydroxyl groups excluding tert-OH is 1. The van der Waals surface area contributed by atoms with Gasteiger partial charge in [0.25, 0.3) is 5.91 Å². The van der Waals surface area contributed by atoms with Gasteiger partial charge in [-0.25, -0.2) is 0 Å². The van der Waals surface area contributed by atoms with Crippen molar-refractivity contribution in [2.45, 2.75) is 84.7 Å². The Hall–Kier alpha value is -2.28. The van der Waals surface area contributed by atoms with E-state index in [0.29, 0.717) is 30.7 Å². The van der Waals surface area contributed by atoms with Crippen LogP contribution >= 0.6 is 0 Å². The maximum atomic E-state index is 12.2. The molecule has 2 aliphatic heterocycles. The second kappa shape index (κ2) is 6.62. The highest BCUT2D eigenvalue weighted by Gasteiger charge is 2.69. The van der Waals surface area contributed by atoms with Crippen molar-refractivity contribution >= 4 is 11.9 Å². The predicted octanol–water partition coefficient (Wildman–Crippen LogP) is 3.08. The summed E-state index contributed by atoms with van der Waals surface area (Å²) in [6, 6.07) is 1.56. The van der Waals surface area contributed by atoms with Crippen molar-refractivity contribution in [2.75, 3.05) is 0 Å². The van der Waals surface area contributed by atoms with Crippen molar-refractivity contribution < 1.29 is 29.3 Å². The first-order valence-electron chi connectivity index (χ1n) is 11.6. The number of nitrogens with one attached hydrogen (secondary N) is 1. The quantitative estimate of drug-likeness (QED) is 0.576. The van der Waals surface area contributed by atoms with E-state index in [1.807, 2.05) is 0 Å². The number of benzene rings is 1. The molecular formula is C25H33NO6. The van der Waals surface area contributed by atoms with Crippen LogP contribution in [0, 0.1) is 22.7 Å². The van der Waals surface area contributed by atoms with Gasteiger partial charge in [-0.15, -0.1) is 0 Å². The predicted molar refractivity (Wildman–Crippen MR) is 116 cm³/mol. The Kier molecular flexibility index (Phi) is 4.46. The number of ether oxygens (including phenoxy) is 2. The minimum Gasteiger partial charge on any atom is -0.508 e. The molecule has 32 heavy (non-hydrogen) atoms.